The zero-order chi connectivity index (χ0) is 49.7. The lowest BCUT2D eigenvalue weighted by molar-refractivity contribution is 0.877. The third kappa shape index (κ3) is 6.28. The highest BCUT2D eigenvalue weighted by atomic mass is 28.3. The van der Waals surface area contributed by atoms with Gasteiger partial charge in [0.25, 0.3) is 0 Å². The molecule has 74 heavy (non-hydrogen) atoms. The molecule has 0 aromatic heterocycles. The summed E-state index contributed by atoms with van der Waals surface area (Å²) in [6.45, 7) is 9.67. The molecule has 14 rings (SSSR count). The maximum absolute atomic E-state index is 2.77. The van der Waals surface area contributed by atoms with E-state index in [1.807, 2.05) is 0 Å². The minimum Gasteiger partial charge on any atom is -0.0683 e. The van der Waals surface area contributed by atoms with Gasteiger partial charge in [0.1, 0.15) is 0 Å². The van der Waals surface area contributed by atoms with Crippen LogP contribution in [0.4, 0.5) is 0 Å². The van der Waals surface area contributed by atoms with E-state index >= 15 is 0 Å². The molecule has 12 aromatic carbocycles. The van der Waals surface area contributed by atoms with Gasteiger partial charge in [-0.2, -0.15) is 0 Å². The summed E-state index contributed by atoms with van der Waals surface area (Å²) in [4.78, 5) is 0. The van der Waals surface area contributed by atoms with Gasteiger partial charge >= 0.3 is 0 Å². The van der Waals surface area contributed by atoms with E-state index in [9.17, 15) is 0 Å². The lowest BCUT2D eigenvalue weighted by Gasteiger charge is -2.43. The van der Waals surface area contributed by atoms with Crippen molar-refractivity contribution in [2.75, 3.05) is 0 Å². The van der Waals surface area contributed by atoms with Crippen LogP contribution in [-0.4, -0.2) is 29.6 Å². The molecule has 0 spiro atoms. The minimum atomic E-state index is -2.77. The molecule has 2 aliphatic rings. The summed E-state index contributed by atoms with van der Waals surface area (Å²) in [5.41, 5.74) is 11.4. The summed E-state index contributed by atoms with van der Waals surface area (Å²) in [5.74, 6) is 0.620. The van der Waals surface area contributed by atoms with Crippen molar-refractivity contribution in [1.82, 2.24) is 0 Å². The fourth-order valence-corrected chi connectivity index (χ4v) is 25.1. The van der Waals surface area contributed by atoms with Crippen molar-refractivity contribution < 1.29 is 0 Å². The van der Waals surface area contributed by atoms with Gasteiger partial charge in [-0.3, -0.25) is 0 Å². The van der Waals surface area contributed by atoms with Gasteiger partial charge in [-0.1, -0.05) is 315 Å². The fourth-order valence-electron chi connectivity index (χ4n) is 14.5. The Kier molecular flexibility index (Phi) is 10.6. The molecule has 0 aliphatic carbocycles. The zero-order valence-electron chi connectivity index (χ0n) is 42.6. The van der Waals surface area contributed by atoms with E-state index in [4.69, 9.17) is 0 Å². The molecule has 4 heteroatoms. The Bertz CT molecular complexity index is 3650. The van der Waals surface area contributed by atoms with Gasteiger partial charge in [0.2, 0.25) is 13.4 Å². The normalized spacial score (nSPS) is 14.4. The predicted molar refractivity (Wildman–Crippen MR) is 328 cm³/mol. The lowest BCUT2D eigenvalue weighted by Crippen LogP contribution is -2.86. The average molecular weight is 975 g/mol. The van der Waals surface area contributed by atoms with Gasteiger partial charge in [0, 0.05) is 0 Å². The molecule has 0 bridgehead atoms. The molecule has 0 amide bonds. The van der Waals surface area contributed by atoms with E-state index in [1.54, 1.807) is 0 Å². The van der Waals surface area contributed by atoms with E-state index in [0.29, 0.717) is 11.8 Å². The topological polar surface area (TPSA) is 0 Å². The third-order valence-electron chi connectivity index (χ3n) is 17.4. The van der Waals surface area contributed by atoms with Gasteiger partial charge in [0.15, 0.2) is 16.1 Å². The highest BCUT2D eigenvalue weighted by Gasteiger charge is 2.52. The van der Waals surface area contributed by atoms with E-state index in [1.165, 1.54) is 118 Å². The molecular formula is C70H56B2Si2. The summed E-state index contributed by atoms with van der Waals surface area (Å²) >= 11 is 0. The second kappa shape index (κ2) is 17.4. The number of hydrogen-bond donors (Lipinski definition) is 0. The fraction of sp³-hybridized carbons (Fsp3) is 0.0857. The van der Waals surface area contributed by atoms with Gasteiger partial charge in [-0.05, 0) is 96.8 Å². The smallest absolute Gasteiger partial charge is 0.0683 e. The molecular weight excluding hydrogens is 919 g/mol. The molecule has 0 unspecified atom stereocenters. The number of hydrogen-bond acceptors (Lipinski definition) is 0. The van der Waals surface area contributed by atoms with Crippen molar-refractivity contribution in [2.45, 2.75) is 39.5 Å². The molecule has 0 saturated heterocycles. The van der Waals surface area contributed by atoms with E-state index < -0.39 is 16.1 Å². The van der Waals surface area contributed by atoms with Crippen LogP contribution >= 0.6 is 0 Å². The molecule has 2 heterocycles. The number of rotatable bonds is 8. The standard InChI is InChI=1S/C70H56B2Si2/c1-47(2)57-45-63(71-59-33-17-21-37-65(59)73(49-25-9-5-10-26-49,50-27-11-6-12-28-50)66-38-22-18-34-60(66)71)55-44-42-54-58(48(3)4)46-64(56-43-41-53(57)69(55)70(54)56)72-61-35-19-23-39-67(61)74(51-29-13-7-14-30-51,52-31-15-8-16-32-52)68-40-24-20-36-62(68)72/h5-48H,1-4H3. The molecule has 2 aliphatic heterocycles. The Morgan fingerprint density at radius 2 is 0.500 bits per heavy atom. The maximum atomic E-state index is 2.62. The van der Waals surface area contributed by atoms with Gasteiger partial charge < -0.3 is 0 Å². The Morgan fingerprint density at radius 1 is 0.257 bits per heavy atom. The van der Waals surface area contributed by atoms with E-state index in [0.717, 1.165) is 0 Å². The zero-order valence-corrected chi connectivity index (χ0v) is 44.6. The summed E-state index contributed by atoms with van der Waals surface area (Å²) in [7, 11) is -5.55. The molecule has 0 atom stereocenters. The summed E-state index contributed by atoms with van der Waals surface area (Å²) in [6, 6.07) is 99.3. The molecule has 350 valence electrons. The highest BCUT2D eigenvalue weighted by Crippen LogP contribution is 2.40. The molecule has 0 N–H and O–H groups in total. The van der Waals surface area contributed by atoms with Crippen LogP contribution < -0.4 is 74.3 Å². The first-order valence-electron chi connectivity index (χ1n) is 26.8. The first kappa shape index (κ1) is 44.9. The molecule has 0 nitrogen and oxygen atoms in total. The quantitative estimate of drug-likeness (QED) is 0.111. The van der Waals surface area contributed by atoms with Crippen LogP contribution in [0.25, 0.3) is 32.3 Å². The van der Waals surface area contributed by atoms with Crippen LogP contribution in [0.1, 0.15) is 50.7 Å². The van der Waals surface area contributed by atoms with Gasteiger partial charge in [-0.25, -0.2) is 0 Å². The second-order valence-corrected chi connectivity index (χ2v) is 29.1. The molecule has 12 aromatic rings. The van der Waals surface area contributed by atoms with Crippen LogP contribution in [0.3, 0.4) is 0 Å². The SMILES string of the molecule is CC(C)c1cc(B2c3ccccc3[Si](c3ccccc3)(c3ccccc3)c3ccccc32)c2ccc3c(C(C)C)cc(B4c5ccccc5[Si](c5ccccc5)(c5ccccc5)c5ccccc54)c4ccc1c2c43. The first-order chi connectivity index (χ1) is 36.4. The molecule has 0 fully saturated rings. The van der Waals surface area contributed by atoms with Crippen molar-refractivity contribution >= 4 is 136 Å². The average Bonchev–Trinajstić information content (AvgIpc) is 3.48. The van der Waals surface area contributed by atoms with Crippen molar-refractivity contribution in [2.24, 2.45) is 0 Å². The third-order valence-corrected chi connectivity index (χ3v) is 27.3. The van der Waals surface area contributed by atoms with Crippen molar-refractivity contribution in [3.8, 4) is 0 Å². The Morgan fingerprint density at radius 3 is 0.770 bits per heavy atom. The van der Waals surface area contributed by atoms with Crippen molar-refractivity contribution in [3.05, 3.63) is 266 Å². The first-order valence-corrected chi connectivity index (χ1v) is 30.8. The summed E-state index contributed by atoms with van der Waals surface area (Å²) in [5, 5.41) is 20.0. The van der Waals surface area contributed by atoms with Crippen molar-refractivity contribution in [1.29, 1.82) is 0 Å². The van der Waals surface area contributed by atoms with Crippen LogP contribution in [-0.2, 0) is 0 Å². The van der Waals surface area contributed by atoms with Crippen molar-refractivity contribution in [3.63, 3.8) is 0 Å². The molecule has 0 radical (unpaired) electrons. The second-order valence-electron chi connectivity index (χ2n) is 21.7. The highest BCUT2D eigenvalue weighted by molar-refractivity contribution is 7.27. The van der Waals surface area contributed by atoms with Crippen LogP contribution in [0.5, 0.6) is 0 Å². The number of benzene rings is 12. The predicted octanol–water partition coefficient (Wildman–Crippen LogP) is 7.24. The summed E-state index contributed by atoms with van der Waals surface area (Å²) in [6.07, 6.45) is 0. The monoisotopic (exact) mass is 974 g/mol. The van der Waals surface area contributed by atoms with Crippen LogP contribution in [0.15, 0.2) is 255 Å². The van der Waals surface area contributed by atoms with E-state index in [2.05, 4.69) is 282 Å². The van der Waals surface area contributed by atoms with Crippen LogP contribution in [0, 0.1) is 0 Å². The number of fused-ring (bicyclic) bond motifs is 4. The van der Waals surface area contributed by atoms with E-state index in [-0.39, 0.29) is 13.4 Å². The Labute approximate surface area is 438 Å². The van der Waals surface area contributed by atoms with Gasteiger partial charge in [-0.15, -0.1) is 0 Å². The van der Waals surface area contributed by atoms with Gasteiger partial charge in [0.05, 0.1) is 0 Å². The molecule has 0 saturated carbocycles. The minimum absolute atomic E-state index is 0.0349. The summed E-state index contributed by atoms with van der Waals surface area (Å²) < 4.78 is 0. The maximum Gasteiger partial charge on any atom is 0.241 e. The Hall–Kier alpha value is -7.76. The van der Waals surface area contributed by atoms with Crippen LogP contribution in [0.2, 0.25) is 0 Å². The lowest BCUT2D eigenvalue weighted by atomic mass is 9.35. The largest absolute Gasteiger partial charge is 0.241 e. The Balaban J connectivity index is 1.08.